The Balaban J connectivity index is 0.000000185. The van der Waals surface area contributed by atoms with Gasteiger partial charge >= 0.3 is 0 Å². The summed E-state index contributed by atoms with van der Waals surface area (Å²) in [6.07, 6.45) is 9.98. The van der Waals surface area contributed by atoms with E-state index in [0.29, 0.717) is 35.0 Å². The zero-order valence-electron chi connectivity index (χ0n) is 35.4. The Morgan fingerprint density at radius 3 is 1.54 bits per heavy atom. The van der Waals surface area contributed by atoms with Crippen LogP contribution in [-0.2, 0) is 24.8 Å². The highest BCUT2D eigenvalue weighted by molar-refractivity contribution is 7.89. The summed E-state index contributed by atoms with van der Waals surface area (Å²) in [4.78, 5) is 22.9. The fraction of sp³-hybridized carbons (Fsp3) is 0.286. The largest absolute Gasteiger partial charge is 0.340 e. The minimum Gasteiger partial charge on any atom is -0.340 e. The van der Waals surface area contributed by atoms with Gasteiger partial charge in [0.05, 0.1) is 21.9 Å². The third-order valence-corrected chi connectivity index (χ3v) is 15.9. The van der Waals surface area contributed by atoms with E-state index >= 15 is 0 Å². The van der Waals surface area contributed by atoms with Gasteiger partial charge in [-0.3, -0.25) is 14.8 Å². The molecule has 0 N–H and O–H groups in total. The Morgan fingerprint density at radius 2 is 1.05 bits per heavy atom. The predicted molar refractivity (Wildman–Crippen MR) is 241 cm³/mol. The van der Waals surface area contributed by atoms with Crippen LogP contribution < -0.4 is 0 Å². The topological polar surface area (TPSA) is 121 Å². The number of aromatic nitrogens is 2. The van der Waals surface area contributed by atoms with Crippen molar-refractivity contribution in [3.8, 4) is 22.3 Å². The number of pyridine rings is 2. The van der Waals surface area contributed by atoms with Gasteiger partial charge in [-0.2, -0.15) is 8.61 Å². The van der Waals surface area contributed by atoms with Crippen LogP contribution in [-0.4, -0.2) is 72.4 Å². The monoisotopic (exact) mass is 855 g/mol. The molecule has 2 fully saturated rings. The van der Waals surface area contributed by atoms with Crippen LogP contribution in [0.25, 0.3) is 22.3 Å². The molecule has 0 radical (unpaired) electrons. The normalized spacial score (nSPS) is 17.6. The van der Waals surface area contributed by atoms with Gasteiger partial charge in [-0.05, 0) is 133 Å². The van der Waals surface area contributed by atoms with E-state index in [0.717, 1.165) is 69.3 Å². The number of amides is 1. The number of piperazine rings is 1. The number of hydrogen-bond acceptors (Lipinski definition) is 7. The van der Waals surface area contributed by atoms with Gasteiger partial charge in [0.2, 0.25) is 26.0 Å². The third-order valence-electron chi connectivity index (χ3n) is 11.8. The lowest BCUT2D eigenvalue weighted by atomic mass is 9.94. The second-order valence-corrected chi connectivity index (χ2v) is 19.6. The maximum Gasteiger partial charge on any atom is 0.244 e. The molecule has 0 saturated carbocycles. The predicted octanol–water partition coefficient (Wildman–Crippen LogP) is 9.24. The van der Waals surface area contributed by atoms with Gasteiger partial charge in [-0.1, -0.05) is 79.2 Å². The second kappa shape index (κ2) is 18.6. The molecule has 1 amide bonds. The molecule has 2 saturated heterocycles. The molecule has 8 rings (SSSR count). The molecule has 2 atom stereocenters. The number of carbonyl (C=O) groups excluding carboxylic acids is 1. The van der Waals surface area contributed by atoms with Gasteiger partial charge in [0.25, 0.3) is 0 Å². The van der Waals surface area contributed by atoms with Crippen LogP contribution in [0.15, 0.2) is 144 Å². The maximum atomic E-state index is 13.7. The summed E-state index contributed by atoms with van der Waals surface area (Å²) in [5.41, 5.74) is 9.84. The number of aryl methyl sites for hydroxylation is 4. The van der Waals surface area contributed by atoms with Gasteiger partial charge in [-0.25, -0.2) is 16.8 Å². The summed E-state index contributed by atoms with van der Waals surface area (Å²) in [7, 11) is -7.29. The summed E-state index contributed by atoms with van der Waals surface area (Å²) in [5, 5.41) is 0. The molecule has 2 unspecified atom stereocenters. The standard InChI is InChI=1S/C25H27N3O3S.C24H26N2O2S/c1-18-7-4-5-10-25(18)32(30,31)28-14-13-27(20(3)29)17-24(28)22-9-6-8-21(15-22)23-11-12-26-16-19(23)2;1-18-8-3-4-12-24(18)29(27,28)26-15-6-5-11-23(26)21-10-7-9-20(16-21)22-13-14-25-17-19(22)2/h4-12,15-16,24H,13-14,17H2,1-3H3;3-4,7-10,12-14,16-17,23H,5-6,11,15H2,1-2H3. The molecule has 2 aliphatic rings. The second-order valence-electron chi connectivity index (χ2n) is 15.9. The fourth-order valence-corrected chi connectivity index (χ4v) is 12.2. The van der Waals surface area contributed by atoms with Crippen molar-refractivity contribution in [1.29, 1.82) is 0 Å². The maximum absolute atomic E-state index is 13.7. The first kappa shape index (κ1) is 43.6. The van der Waals surface area contributed by atoms with Crippen LogP contribution >= 0.6 is 0 Å². The van der Waals surface area contributed by atoms with Crippen LogP contribution in [0.3, 0.4) is 0 Å². The van der Waals surface area contributed by atoms with Crippen LogP contribution in [0.2, 0.25) is 0 Å². The molecule has 0 bridgehead atoms. The van der Waals surface area contributed by atoms with Gasteiger partial charge in [0.15, 0.2) is 0 Å². The first-order chi connectivity index (χ1) is 29.3. The van der Waals surface area contributed by atoms with Crippen molar-refractivity contribution >= 4 is 26.0 Å². The fourth-order valence-electron chi connectivity index (χ4n) is 8.50. The van der Waals surface area contributed by atoms with Gasteiger partial charge in [-0.15, -0.1) is 0 Å². The smallest absolute Gasteiger partial charge is 0.244 e. The molecular weight excluding hydrogens is 803 g/mol. The quantitative estimate of drug-likeness (QED) is 0.150. The van der Waals surface area contributed by atoms with E-state index in [1.165, 1.54) is 6.92 Å². The van der Waals surface area contributed by atoms with Crippen molar-refractivity contribution in [2.75, 3.05) is 26.2 Å². The van der Waals surface area contributed by atoms with Crippen molar-refractivity contribution < 1.29 is 21.6 Å². The zero-order chi connectivity index (χ0) is 43.3. The Labute approximate surface area is 361 Å². The van der Waals surface area contributed by atoms with E-state index in [9.17, 15) is 21.6 Å². The molecule has 4 heterocycles. The van der Waals surface area contributed by atoms with E-state index in [4.69, 9.17) is 0 Å². The summed E-state index contributed by atoms with van der Waals surface area (Å²) in [6.45, 7) is 10.7. The Kier molecular flexibility index (Phi) is 13.3. The third kappa shape index (κ3) is 9.38. The summed E-state index contributed by atoms with van der Waals surface area (Å²) in [5.74, 6) is -0.0518. The van der Waals surface area contributed by atoms with Gasteiger partial charge < -0.3 is 4.90 Å². The lowest BCUT2D eigenvalue weighted by Crippen LogP contribution is -2.51. The molecule has 6 aromatic rings. The number of piperidine rings is 1. The number of rotatable bonds is 8. The van der Waals surface area contributed by atoms with E-state index < -0.39 is 26.1 Å². The highest BCUT2D eigenvalue weighted by Gasteiger charge is 2.39. The summed E-state index contributed by atoms with van der Waals surface area (Å²) in [6, 6.07) is 33.8. The molecule has 10 nitrogen and oxygen atoms in total. The zero-order valence-corrected chi connectivity index (χ0v) is 37.0. The number of sulfonamides is 2. The van der Waals surface area contributed by atoms with Crippen LogP contribution in [0.5, 0.6) is 0 Å². The molecule has 2 aliphatic heterocycles. The van der Waals surface area contributed by atoms with Crippen molar-refractivity contribution in [2.24, 2.45) is 0 Å². The molecule has 0 spiro atoms. The van der Waals surface area contributed by atoms with E-state index in [-0.39, 0.29) is 18.5 Å². The molecular formula is C49H53N5O5S2. The lowest BCUT2D eigenvalue weighted by molar-refractivity contribution is -0.131. The van der Waals surface area contributed by atoms with Crippen molar-refractivity contribution in [1.82, 2.24) is 23.5 Å². The lowest BCUT2D eigenvalue weighted by Gasteiger charge is -2.40. The summed E-state index contributed by atoms with van der Waals surface area (Å²) >= 11 is 0. The van der Waals surface area contributed by atoms with E-state index in [2.05, 4.69) is 28.2 Å². The number of nitrogens with zero attached hydrogens (tertiary/aromatic N) is 5. The number of hydrogen-bond donors (Lipinski definition) is 0. The minimum atomic E-state index is -3.74. The van der Waals surface area contributed by atoms with Crippen LogP contribution in [0.1, 0.15) is 71.7 Å². The molecule has 12 heteroatoms. The number of benzene rings is 4. The molecule has 2 aromatic heterocycles. The van der Waals surface area contributed by atoms with Gasteiger partial charge in [0, 0.05) is 57.9 Å². The van der Waals surface area contributed by atoms with Crippen molar-refractivity contribution in [2.45, 2.75) is 75.8 Å². The highest BCUT2D eigenvalue weighted by Crippen LogP contribution is 2.38. The number of carbonyl (C=O) groups is 1. The Morgan fingerprint density at radius 1 is 0.557 bits per heavy atom. The van der Waals surface area contributed by atoms with Crippen molar-refractivity contribution in [3.05, 3.63) is 167 Å². The summed E-state index contributed by atoms with van der Waals surface area (Å²) < 4.78 is 57.7. The Bertz CT molecular complexity index is 2760. The SMILES string of the molecule is CC(=O)N1CCN(S(=O)(=O)c2ccccc2C)C(c2cccc(-c3ccncc3C)c2)C1.Cc1cnccc1-c1cccc(C2CCCCN2S(=O)(=O)c2ccccc2C)c1. The average Bonchev–Trinajstić information content (AvgIpc) is 3.27. The van der Waals surface area contributed by atoms with Crippen LogP contribution in [0.4, 0.5) is 0 Å². The van der Waals surface area contributed by atoms with Gasteiger partial charge in [0.1, 0.15) is 0 Å². The van der Waals surface area contributed by atoms with E-state index in [1.54, 1.807) is 63.2 Å². The first-order valence-electron chi connectivity index (χ1n) is 20.7. The minimum absolute atomic E-state index is 0.0518. The highest BCUT2D eigenvalue weighted by atomic mass is 32.2. The average molecular weight is 856 g/mol. The van der Waals surface area contributed by atoms with Crippen molar-refractivity contribution in [3.63, 3.8) is 0 Å². The molecule has 4 aromatic carbocycles. The molecule has 316 valence electrons. The molecule has 61 heavy (non-hydrogen) atoms. The Hall–Kier alpha value is -5.53. The first-order valence-corrected chi connectivity index (χ1v) is 23.6. The van der Waals surface area contributed by atoms with E-state index in [1.807, 2.05) is 93.8 Å². The van der Waals surface area contributed by atoms with Crippen LogP contribution in [0, 0.1) is 27.7 Å². The molecule has 0 aliphatic carbocycles.